The second-order valence-corrected chi connectivity index (χ2v) is 8.39. The number of aryl methyl sites for hydroxylation is 1. The number of amides is 1. The van der Waals surface area contributed by atoms with E-state index >= 15 is 0 Å². The molecule has 1 saturated heterocycles. The van der Waals surface area contributed by atoms with E-state index < -0.39 is 10.2 Å². The van der Waals surface area contributed by atoms with Crippen LogP contribution < -0.4 is 4.72 Å². The first-order chi connectivity index (χ1) is 11.5. The van der Waals surface area contributed by atoms with E-state index in [9.17, 15) is 13.2 Å². The Hall–Kier alpha value is -1.44. The number of fused-ring (bicyclic) bond motifs is 1. The lowest BCUT2D eigenvalue weighted by Gasteiger charge is -2.33. The first kappa shape index (κ1) is 17.4. The van der Waals surface area contributed by atoms with Gasteiger partial charge in [-0.25, -0.2) is 4.72 Å². The van der Waals surface area contributed by atoms with Crippen molar-refractivity contribution in [2.75, 3.05) is 26.7 Å². The molecule has 0 unspecified atom stereocenters. The van der Waals surface area contributed by atoms with Gasteiger partial charge in [0.15, 0.2) is 0 Å². The number of nitrogens with zero attached hydrogens (tertiary/aromatic N) is 2. The highest BCUT2D eigenvalue weighted by atomic mass is 32.2. The number of carbonyl (C=O) groups excluding carboxylic acids is 1. The van der Waals surface area contributed by atoms with Crippen molar-refractivity contribution >= 4 is 16.1 Å². The zero-order valence-corrected chi connectivity index (χ0v) is 14.9. The van der Waals surface area contributed by atoms with E-state index in [1.54, 1.807) is 0 Å². The molecule has 0 spiro atoms. The maximum atomic E-state index is 12.9. The summed E-state index contributed by atoms with van der Waals surface area (Å²) in [6.45, 7) is 2.26. The number of rotatable bonds is 3. The molecule has 2 aliphatic heterocycles. The lowest BCUT2D eigenvalue weighted by Crippen LogP contribution is -2.47. The third-order valence-corrected chi connectivity index (χ3v) is 6.63. The maximum absolute atomic E-state index is 12.9. The Morgan fingerprint density at radius 1 is 1.12 bits per heavy atom. The molecule has 24 heavy (non-hydrogen) atoms. The van der Waals surface area contributed by atoms with E-state index in [0.717, 1.165) is 19.4 Å². The van der Waals surface area contributed by atoms with Crippen molar-refractivity contribution in [2.45, 2.75) is 32.2 Å². The molecule has 1 aromatic rings. The van der Waals surface area contributed by atoms with E-state index in [1.807, 2.05) is 17.0 Å². The monoisotopic (exact) mass is 351 g/mol. The van der Waals surface area contributed by atoms with Gasteiger partial charge in [-0.15, -0.1) is 0 Å². The zero-order valence-electron chi connectivity index (χ0n) is 14.1. The molecule has 1 fully saturated rings. The number of piperidine rings is 1. The summed E-state index contributed by atoms with van der Waals surface area (Å²) < 4.78 is 27.4. The SMILES string of the molecule is CNS(=O)(=O)N1CCC(C(=O)N2CCCc3ccccc3C2)CC1. The van der Waals surface area contributed by atoms with Crippen LogP contribution in [0.2, 0.25) is 0 Å². The predicted molar refractivity (Wildman–Crippen MR) is 92.5 cm³/mol. The Balaban J connectivity index is 1.64. The Labute approximate surface area is 144 Å². The summed E-state index contributed by atoms with van der Waals surface area (Å²) >= 11 is 0. The van der Waals surface area contributed by atoms with Gasteiger partial charge >= 0.3 is 0 Å². The summed E-state index contributed by atoms with van der Waals surface area (Å²) in [6.07, 6.45) is 3.18. The molecule has 3 rings (SSSR count). The van der Waals surface area contributed by atoms with Crippen LogP contribution in [-0.2, 0) is 28.0 Å². The van der Waals surface area contributed by atoms with Gasteiger partial charge in [0.1, 0.15) is 0 Å². The molecule has 1 amide bonds. The maximum Gasteiger partial charge on any atom is 0.279 e. The normalized spacial score (nSPS) is 20.5. The fraction of sp³-hybridized carbons (Fsp3) is 0.588. The molecule has 132 valence electrons. The van der Waals surface area contributed by atoms with Gasteiger partial charge < -0.3 is 4.90 Å². The van der Waals surface area contributed by atoms with Crippen LogP contribution in [-0.4, -0.2) is 50.2 Å². The molecule has 0 aromatic heterocycles. The highest BCUT2D eigenvalue weighted by Gasteiger charge is 2.33. The molecular weight excluding hydrogens is 326 g/mol. The molecule has 0 bridgehead atoms. The lowest BCUT2D eigenvalue weighted by molar-refractivity contribution is -0.137. The van der Waals surface area contributed by atoms with E-state index in [2.05, 4.69) is 16.9 Å². The van der Waals surface area contributed by atoms with E-state index in [4.69, 9.17) is 0 Å². The van der Waals surface area contributed by atoms with Crippen LogP contribution >= 0.6 is 0 Å². The van der Waals surface area contributed by atoms with Crippen molar-refractivity contribution in [3.8, 4) is 0 Å². The van der Waals surface area contributed by atoms with Crippen molar-refractivity contribution in [1.29, 1.82) is 0 Å². The van der Waals surface area contributed by atoms with E-state index in [0.29, 0.717) is 32.5 Å². The van der Waals surface area contributed by atoms with Crippen LogP contribution in [0, 0.1) is 5.92 Å². The number of carbonyl (C=O) groups is 1. The van der Waals surface area contributed by atoms with Crippen LogP contribution in [0.25, 0.3) is 0 Å². The van der Waals surface area contributed by atoms with Gasteiger partial charge in [0.2, 0.25) is 5.91 Å². The van der Waals surface area contributed by atoms with Gasteiger partial charge in [0.05, 0.1) is 0 Å². The minimum Gasteiger partial charge on any atom is -0.338 e. The smallest absolute Gasteiger partial charge is 0.279 e. The average Bonchev–Trinajstić information content (AvgIpc) is 2.83. The summed E-state index contributed by atoms with van der Waals surface area (Å²) in [5, 5.41) is 0. The highest BCUT2D eigenvalue weighted by Crippen LogP contribution is 2.25. The highest BCUT2D eigenvalue weighted by molar-refractivity contribution is 7.87. The third kappa shape index (κ3) is 3.63. The molecule has 7 heteroatoms. The molecule has 0 saturated carbocycles. The van der Waals surface area contributed by atoms with Crippen molar-refractivity contribution in [3.05, 3.63) is 35.4 Å². The van der Waals surface area contributed by atoms with Crippen molar-refractivity contribution in [1.82, 2.24) is 13.9 Å². The Kier molecular flexibility index (Phi) is 5.22. The molecule has 2 aliphatic rings. The Morgan fingerprint density at radius 3 is 2.46 bits per heavy atom. The van der Waals surface area contributed by atoms with Crippen LogP contribution in [0.4, 0.5) is 0 Å². The standard InChI is InChI=1S/C17H25N3O3S/c1-18-24(22,23)20-11-8-15(9-12-20)17(21)19-10-4-7-14-5-2-3-6-16(14)13-19/h2-3,5-6,15,18H,4,7-13H2,1H3. The molecule has 0 atom stereocenters. The molecular formula is C17H25N3O3S. The number of benzene rings is 1. The minimum absolute atomic E-state index is 0.0708. The third-order valence-electron chi connectivity index (χ3n) is 5.07. The zero-order chi connectivity index (χ0) is 17.2. The largest absolute Gasteiger partial charge is 0.338 e. The summed E-state index contributed by atoms with van der Waals surface area (Å²) in [5.41, 5.74) is 2.57. The topological polar surface area (TPSA) is 69.7 Å². The van der Waals surface area contributed by atoms with Crippen LogP contribution in [0.15, 0.2) is 24.3 Å². The lowest BCUT2D eigenvalue weighted by atomic mass is 9.96. The molecule has 0 radical (unpaired) electrons. The summed E-state index contributed by atoms with van der Waals surface area (Å²) in [7, 11) is -1.96. The van der Waals surface area contributed by atoms with Gasteiger partial charge in [-0.2, -0.15) is 12.7 Å². The van der Waals surface area contributed by atoms with Crippen molar-refractivity contribution < 1.29 is 13.2 Å². The number of nitrogens with one attached hydrogen (secondary N) is 1. The van der Waals surface area contributed by atoms with Crippen LogP contribution in [0.1, 0.15) is 30.4 Å². The summed E-state index contributed by atoms with van der Waals surface area (Å²) in [6, 6.07) is 8.32. The van der Waals surface area contributed by atoms with Crippen LogP contribution in [0.5, 0.6) is 0 Å². The van der Waals surface area contributed by atoms with Gasteiger partial charge in [0, 0.05) is 39.1 Å². The molecule has 1 N–H and O–H groups in total. The fourth-order valence-electron chi connectivity index (χ4n) is 3.62. The first-order valence-electron chi connectivity index (χ1n) is 8.55. The quantitative estimate of drug-likeness (QED) is 0.888. The Bertz CT molecular complexity index is 697. The van der Waals surface area contributed by atoms with Gasteiger partial charge in [0.25, 0.3) is 10.2 Å². The van der Waals surface area contributed by atoms with Crippen LogP contribution in [0.3, 0.4) is 0 Å². The average molecular weight is 351 g/mol. The second-order valence-electron chi connectivity index (χ2n) is 6.51. The van der Waals surface area contributed by atoms with Gasteiger partial charge in [-0.1, -0.05) is 24.3 Å². The number of hydrogen-bond acceptors (Lipinski definition) is 3. The van der Waals surface area contributed by atoms with E-state index in [-0.39, 0.29) is 11.8 Å². The van der Waals surface area contributed by atoms with Crippen molar-refractivity contribution in [2.24, 2.45) is 5.92 Å². The Morgan fingerprint density at radius 2 is 1.79 bits per heavy atom. The first-order valence-corrected chi connectivity index (χ1v) is 9.99. The molecule has 6 nitrogen and oxygen atoms in total. The summed E-state index contributed by atoms with van der Waals surface area (Å²) in [4.78, 5) is 14.8. The molecule has 2 heterocycles. The molecule has 1 aromatic carbocycles. The predicted octanol–water partition coefficient (Wildman–Crippen LogP) is 1.14. The molecule has 0 aliphatic carbocycles. The van der Waals surface area contributed by atoms with Crippen molar-refractivity contribution in [3.63, 3.8) is 0 Å². The van der Waals surface area contributed by atoms with Gasteiger partial charge in [-0.3, -0.25) is 4.79 Å². The minimum atomic E-state index is -3.38. The second kappa shape index (κ2) is 7.21. The fourth-order valence-corrected chi connectivity index (χ4v) is 4.57. The van der Waals surface area contributed by atoms with E-state index in [1.165, 1.54) is 22.5 Å². The van der Waals surface area contributed by atoms with Gasteiger partial charge in [-0.05, 0) is 36.8 Å². The number of hydrogen-bond donors (Lipinski definition) is 1. The summed E-state index contributed by atoms with van der Waals surface area (Å²) in [5.74, 6) is 0.103.